The molecular weight excluding hydrogens is 318 g/mol. The van der Waals surface area contributed by atoms with Crippen molar-refractivity contribution in [2.24, 2.45) is 0 Å². The van der Waals surface area contributed by atoms with Crippen LogP contribution in [0, 0.1) is 0 Å². The van der Waals surface area contributed by atoms with Crippen molar-refractivity contribution in [1.29, 1.82) is 0 Å². The number of halogens is 1. The van der Waals surface area contributed by atoms with E-state index in [1.807, 2.05) is 11.9 Å². The molecule has 1 fully saturated rings. The predicted molar refractivity (Wildman–Crippen MR) is 74.3 cm³/mol. The van der Waals surface area contributed by atoms with Crippen LogP contribution in [0.5, 0.6) is 5.75 Å². The molecular formula is C12H16BrNO3S. The van der Waals surface area contributed by atoms with E-state index in [9.17, 15) is 13.5 Å². The van der Waals surface area contributed by atoms with E-state index in [0.29, 0.717) is 13.0 Å². The topological polar surface area (TPSA) is 57.6 Å². The monoisotopic (exact) mass is 333 g/mol. The molecule has 1 aromatic rings. The van der Waals surface area contributed by atoms with Gasteiger partial charge in [0.1, 0.15) is 5.75 Å². The smallest absolute Gasteiger partial charge is 0.151 e. The fourth-order valence-electron chi connectivity index (χ4n) is 2.20. The second-order valence-corrected chi connectivity index (χ2v) is 7.83. The predicted octanol–water partition coefficient (Wildman–Crippen LogP) is 1.77. The molecule has 1 N–H and O–H groups in total. The zero-order valence-corrected chi connectivity index (χ0v) is 12.5. The van der Waals surface area contributed by atoms with Crippen LogP contribution in [0.4, 0.5) is 0 Å². The lowest BCUT2D eigenvalue weighted by atomic mass is 10.1. The number of hydrogen-bond acceptors (Lipinski definition) is 4. The Labute approximate surface area is 116 Å². The number of nitrogens with zero attached hydrogens (tertiary/aromatic N) is 1. The summed E-state index contributed by atoms with van der Waals surface area (Å²) in [5.41, 5.74) is 0.960. The molecule has 18 heavy (non-hydrogen) atoms. The summed E-state index contributed by atoms with van der Waals surface area (Å²) in [7, 11) is -0.935. The van der Waals surface area contributed by atoms with E-state index in [1.165, 1.54) is 0 Å². The van der Waals surface area contributed by atoms with Gasteiger partial charge in [0.2, 0.25) is 0 Å². The van der Waals surface area contributed by atoms with Crippen LogP contribution in [0.2, 0.25) is 0 Å². The third-order valence-corrected chi connectivity index (χ3v) is 5.80. The minimum atomic E-state index is -2.85. The number of rotatable bonds is 3. The SMILES string of the molecule is CN(Cc1cc(O)ccc1Br)C1CCS(=O)(=O)C1. The molecule has 1 saturated heterocycles. The normalized spacial score (nSPS) is 22.5. The van der Waals surface area contributed by atoms with Gasteiger partial charge in [-0.15, -0.1) is 0 Å². The van der Waals surface area contributed by atoms with E-state index in [4.69, 9.17) is 0 Å². The molecule has 0 amide bonds. The number of aromatic hydroxyl groups is 1. The Kier molecular flexibility index (Phi) is 3.99. The van der Waals surface area contributed by atoms with Crippen LogP contribution in [-0.4, -0.2) is 43.0 Å². The van der Waals surface area contributed by atoms with Crippen molar-refractivity contribution < 1.29 is 13.5 Å². The van der Waals surface area contributed by atoms with Gasteiger partial charge in [0.15, 0.2) is 9.84 Å². The Bertz CT molecular complexity index is 544. The van der Waals surface area contributed by atoms with Crippen LogP contribution in [0.1, 0.15) is 12.0 Å². The van der Waals surface area contributed by atoms with Gasteiger partial charge >= 0.3 is 0 Å². The van der Waals surface area contributed by atoms with Crippen molar-refractivity contribution >= 4 is 25.8 Å². The van der Waals surface area contributed by atoms with E-state index in [-0.39, 0.29) is 23.3 Å². The first-order valence-electron chi connectivity index (χ1n) is 5.75. The van der Waals surface area contributed by atoms with Gasteiger partial charge in [0, 0.05) is 17.1 Å². The highest BCUT2D eigenvalue weighted by atomic mass is 79.9. The molecule has 0 saturated carbocycles. The summed E-state index contributed by atoms with van der Waals surface area (Å²) in [5.74, 6) is 0.740. The van der Waals surface area contributed by atoms with Crippen LogP contribution < -0.4 is 0 Å². The van der Waals surface area contributed by atoms with Crippen LogP contribution in [-0.2, 0) is 16.4 Å². The minimum Gasteiger partial charge on any atom is -0.508 e. The average molecular weight is 334 g/mol. The Morgan fingerprint density at radius 1 is 1.50 bits per heavy atom. The summed E-state index contributed by atoms with van der Waals surface area (Å²) in [6.07, 6.45) is 0.690. The van der Waals surface area contributed by atoms with E-state index in [0.717, 1.165) is 10.0 Å². The van der Waals surface area contributed by atoms with Gasteiger partial charge < -0.3 is 5.11 Å². The molecule has 0 aliphatic carbocycles. The fraction of sp³-hybridized carbons (Fsp3) is 0.500. The molecule has 100 valence electrons. The Hall–Kier alpha value is -0.590. The third-order valence-electron chi connectivity index (χ3n) is 3.28. The molecule has 1 aliphatic rings. The van der Waals surface area contributed by atoms with Crippen molar-refractivity contribution in [3.63, 3.8) is 0 Å². The average Bonchev–Trinajstić information content (AvgIpc) is 2.64. The highest BCUT2D eigenvalue weighted by Gasteiger charge is 2.30. The van der Waals surface area contributed by atoms with Gasteiger partial charge in [-0.3, -0.25) is 4.90 Å². The summed E-state index contributed by atoms with van der Waals surface area (Å²) in [6, 6.07) is 5.19. The molecule has 1 unspecified atom stereocenters. The van der Waals surface area contributed by atoms with Crippen molar-refractivity contribution in [3.8, 4) is 5.75 Å². The molecule has 0 spiro atoms. The number of phenolic OH excluding ortho intramolecular Hbond substituents is 1. The van der Waals surface area contributed by atoms with Crippen molar-refractivity contribution in [3.05, 3.63) is 28.2 Å². The van der Waals surface area contributed by atoms with E-state index < -0.39 is 9.84 Å². The van der Waals surface area contributed by atoms with E-state index >= 15 is 0 Å². The summed E-state index contributed by atoms with van der Waals surface area (Å²) in [5, 5.41) is 9.46. The second-order valence-electron chi connectivity index (χ2n) is 4.75. The lowest BCUT2D eigenvalue weighted by molar-refractivity contribution is 0.253. The molecule has 2 rings (SSSR count). The largest absolute Gasteiger partial charge is 0.508 e. The maximum Gasteiger partial charge on any atom is 0.151 e. The van der Waals surface area contributed by atoms with Gasteiger partial charge in [0.25, 0.3) is 0 Å². The molecule has 0 bridgehead atoms. The van der Waals surface area contributed by atoms with Crippen molar-refractivity contribution in [2.75, 3.05) is 18.6 Å². The van der Waals surface area contributed by atoms with Gasteiger partial charge in [0.05, 0.1) is 11.5 Å². The van der Waals surface area contributed by atoms with Gasteiger partial charge in [-0.1, -0.05) is 15.9 Å². The zero-order chi connectivity index (χ0) is 13.3. The first kappa shape index (κ1) is 13.8. The van der Waals surface area contributed by atoms with Crippen LogP contribution >= 0.6 is 15.9 Å². The molecule has 1 aromatic carbocycles. The lowest BCUT2D eigenvalue weighted by Crippen LogP contribution is -2.32. The number of hydrogen-bond donors (Lipinski definition) is 1. The lowest BCUT2D eigenvalue weighted by Gasteiger charge is -2.23. The van der Waals surface area contributed by atoms with E-state index in [2.05, 4.69) is 15.9 Å². The highest BCUT2D eigenvalue weighted by Crippen LogP contribution is 2.25. The Morgan fingerprint density at radius 2 is 2.22 bits per heavy atom. The Balaban J connectivity index is 2.08. The zero-order valence-electron chi connectivity index (χ0n) is 10.1. The van der Waals surface area contributed by atoms with Crippen LogP contribution in [0.25, 0.3) is 0 Å². The van der Waals surface area contributed by atoms with Crippen LogP contribution in [0.15, 0.2) is 22.7 Å². The van der Waals surface area contributed by atoms with Gasteiger partial charge in [-0.05, 0) is 37.2 Å². The number of benzene rings is 1. The van der Waals surface area contributed by atoms with Crippen LogP contribution in [0.3, 0.4) is 0 Å². The summed E-state index contributed by atoms with van der Waals surface area (Å²) in [4.78, 5) is 2.03. The summed E-state index contributed by atoms with van der Waals surface area (Å²) >= 11 is 3.43. The molecule has 6 heteroatoms. The van der Waals surface area contributed by atoms with Gasteiger partial charge in [-0.25, -0.2) is 8.42 Å². The first-order valence-corrected chi connectivity index (χ1v) is 8.37. The van der Waals surface area contributed by atoms with E-state index in [1.54, 1.807) is 18.2 Å². The quantitative estimate of drug-likeness (QED) is 0.915. The molecule has 1 aliphatic heterocycles. The number of phenols is 1. The first-order chi connectivity index (χ1) is 8.37. The minimum absolute atomic E-state index is 0.0734. The molecule has 0 radical (unpaired) electrons. The van der Waals surface area contributed by atoms with Gasteiger partial charge in [-0.2, -0.15) is 0 Å². The molecule has 0 aromatic heterocycles. The van der Waals surface area contributed by atoms with Crippen molar-refractivity contribution in [2.45, 2.75) is 19.0 Å². The highest BCUT2D eigenvalue weighted by molar-refractivity contribution is 9.10. The maximum atomic E-state index is 11.4. The summed E-state index contributed by atoms with van der Waals surface area (Å²) < 4.78 is 23.8. The summed E-state index contributed by atoms with van der Waals surface area (Å²) in [6.45, 7) is 0.620. The second kappa shape index (κ2) is 5.19. The molecule has 4 nitrogen and oxygen atoms in total. The standard InChI is InChI=1S/C12H16BrNO3S/c1-14(10-4-5-18(16,17)8-10)7-9-6-11(15)2-3-12(9)13/h2-3,6,10,15H,4-5,7-8H2,1H3. The van der Waals surface area contributed by atoms with Crippen molar-refractivity contribution in [1.82, 2.24) is 4.90 Å². The third kappa shape index (κ3) is 3.24. The fourth-order valence-corrected chi connectivity index (χ4v) is 4.38. The maximum absolute atomic E-state index is 11.4. The number of sulfone groups is 1. The Morgan fingerprint density at radius 3 is 2.83 bits per heavy atom. The molecule has 1 atom stereocenters. The molecule has 1 heterocycles.